The highest BCUT2D eigenvalue weighted by molar-refractivity contribution is 7.85. The van der Waals surface area contributed by atoms with Crippen LogP contribution in [-0.4, -0.2) is 37.9 Å². The number of rotatable bonds is 4. The van der Waals surface area contributed by atoms with E-state index < -0.39 is 10.8 Å². The fraction of sp³-hybridized carbons (Fsp3) is 0.333. The van der Waals surface area contributed by atoms with Gasteiger partial charge >= 0.3 is 0 Å². The summed E-state index contributed by atoms with van der Waals surface area (Å²) < 4.78 is 12.2. The van der Waals surface area contributed by atoms with Gasteiger partial charge in [-0.3, -0.25) is 9.11 Å². The third-order valence-corrected chi connectivity index (χ3v) is 4.90. The van der Waals surface area contributed by atoms with Crippen molar-refractivity contribution in [3.63, 3.8) is 0 Å². The Morgan fingerprint density at radius 3 is 2.95 bits per heavy atom. The highest BCUT2D eigenvalue weighted by atomic mass is 32.2. The second kappa shape index (κ2) is 6.24. The van der Waals surface area contributed by atoms with Crippen LogP contribution in [0.25, 0.3) is 0 Å². The molecule has 1 aromatic carbocycles. The predicted octanol–water partition coefficient (Wildman–Crippen LogP) is 1.64. The van der Waals surface area contributed by atoms with Crippen LogP contribution in [0.5, 0.6) is 0 Å². The zero-order valence-electron chi connectivity index (χ0n) is 11.2. The number of fused-ring (bicyclic) bond motifs is 1. The molecule has 0 saturated heterocycles. The van der Waals surface area contributed by atoms with Crippen LogP contribution in [0.1, 0.15) is 11.3 Å². The Morgan fingerprint density at radius 2 is 2.10 bits per heavy atom. The third-order valence-electron chi connectivity index (χ3n) is 3.55. The van der Waals surface area contributed by atoms with E-state index in [4.69, 9.17) is 0 Å². The molecule has 1 atom stereocenters. The van der Waals surface area contributed by atoms with Crippen LogP contribution in [-0.2, 0) is 23.8 Å². The Bertz CT molecular complexity index is 603. The molecule has 104 valence electrons. The van der Waals surface area contributed by atoms with Gasteiger partial charge in [-0.15, -0.1) is 0 Å². The van der Waals surface area contributed by atoms with E-state index in [1.165, 1.54) is 5.56 Å². The highest BCUT2D eigenvalue weighted by Gasteiger charge is 2.17. The summed E-state index contributed by atoms with van der Waals surface area (Å²) in [6.45, 7) is 2.67. The molecule has 0 saturated carbocycles. The fourth-order valence-corrected chi connectivity index (χ4v) is 3.52. The van der Waals surface area contributed by atoms with E-state index in [0.29, 0.717) is 5.75 Å². The predicted molar refractivity (Wildman–Crippen MR) is 78.7 cm³/mol. The zero-order chi connectivity index (χ0) is 13.8. The van der Waals surface area contributed by atoms with Gasteiger partial charge in [0, 0.05) is 36.5 Å². The average molecular weight is 287 g/mol. The minimum atomic E-state index is -0.917. The molecule has 2 aromatic rings. The van der Waals surface area contributed by atoms with Crippen LogP contribution in [0.4, 0.5) is 0 Å². The Kier molecular flexibility index (Phi) is 4.18. The van der Waals surface area contributed by atoms with Gasteiger partial charge in [-0.25, -0.2) is 9.97 Å². The Balaban J connectivity index is 1.57. The molecule has 1 aliphatic heterocycles. The molecule has 0 fully saturated rings. The number of hydrogen-bond acceptors (Lipinski definition) is 4. The summed E-state index contributed by atoms with van der Waals surface area (Å²) in [5, 5.41) is 0. The molecule has 0 spiro atoms. The van der Waals surface area contributed by atoms with Crippen LogP contribution in [0.15, 0.2) is 47.8 Å². The van der Waals surface area contributed by atoms with Crippen molar-refractivity contribution in [2.24, 2.45) is 0 Å². The van der Waals surface area contributed by atoms with E-state index in [9.17, 15) is 4.21 Å². The smallest absolute Gasteiger partial charge is 0.115 e. The molecule has 3 rings (SSSR count). The lowest BCUT2D eigenvalue weighted by molar-refractivity contribution is 0.265. The molecule has 1 aliphatic rings. The van der Waals surface area contributed by atoms with Crippen LogP contribution in [0.3, 0.4) is 0 Å². The maximum Gasteiger partial charge on any atom is 0.115 e. The van der Waals surface area contributed by atoms with Gasteiger partial charge < -0.3 is 0 Å². The molecule has 0 unspecified atom stereocenters. The topological polar surface area (TPSA) is 46.1 Å². The summed E-state index contributed by atoms with van der Waals surface area (Å²) in [6, 6.07) is 9.66. The van der Waals surface area contributed by atoms with Gasteiger partial charge in [-0.1, -0.05) is 18.2 Å². The second-order valence-electron chi connectivity index (χ2n) is 4.88. The molecule has 20 heavy (non-hydrogen) atoms. The van der Waals surface area contributed by atoms with E-state index >= 15 is 0 Å². The summed E-state index contributed by atoms with van der Waals surface area (Å²) in [7, 11) is -0.917. The lowest BCUT2D eigenvalue weighted by Crippen LogP contribution is -2.34. The van der Waals surface area contributed by atoms with Gasteiger partial charge in [0.2, 0.25) is 0 Å². The molecule has 0 radical (unpaired) electrons. The van der Waals surface area contributed by atoms with Crippen molar-refractivity contribution in [1.29, 1.82) is 0 Å². The molecular weight excluding hydrogens is 270 g/mol. The molecule has 0 N–H and O–H groups in total. The Morgan fingerprint density at radius 1 is 1.25 bits per heavy atom. The number of aromatic nitrogens is 2. The molecule has 0 aliphatic carbocycles. The maximum absolute atomic E-state index is 12.2. The lowest BCUT2D eigenvalue weighted by Gasteiger charge is -2.27. The van der Waals surface area contributed by atoms with Crippen molar-refractivity contribution in [3.8, 4) is 0 Å². The quantitative estimate of drug-likeness (QED) is 0.857. The first-order valence-corrected chi connectivity index (χ1v) is 8.08. The number of benzene rings is 1. The van der Waals surface area contributed by atoms with Gasteiger partial charge in [0.15, 0.2) is 0 Å². The average Bonchev–Trinajstić information content (AvgIpc) is 2.53. The number of nitrogens with zero attached hydrogens (tertiary/aromatic N) is 3. The zero-order valence-corrected chi connectivity index (χ0v) is 12.1. The normalized spacial score (nSPS) is 16.6. The summed E-state index contributed by atoms with van der Waals surface area (Å²) in [5.41, 5.74) is 2.35. The first-order chi connectivity index (χ1) is 9.83. The van der Waals surface area contributed by atoms with Gasteiger partial charge in [-0.05, 0) is 24.1 Å². The molecule has 0 bridgehead atoms. The minimum Gasteiger partial charge on any atom is -0.296 e. The summed E-state index contributed by atoms with van der Waals surface area (Å²) in [4.78, 5) is 11.6. The Hall–Kier alpha value is -1.59. The Labute approximate surface area is 121 Å². The van der Waals surface area contributed by atoms with Gasteiger partial charge in [0.05, 0.1) is 16.5 Å². The first kappa shape index (κ1) is 13.4. The van der Waals surface area contributed by atoms with E-state index in [1.807, 2.05) is 36.5 Å². The molecule has 2 heterocycles. The minimum absolute atomic E-state index is 0.671. The van der Waals surface area contributed by atoms with Crippen molar-refractivity contribution in [3.05, 3.63) is 54.1 Å². The van der Waals surface area contributed by atoms with Crippen LogP contribution in [0, 0.1) is 0 Å². The van der Waals surface area contributed by atoms with E-state index in [2.05, 4.69) is 14.9 Å². The highest BCUT2D eigenvalue weighted by Crippen LogP contribution is 2.15. The summed E-state index contributed by atoms with van der Waals surface area (Å²) in [5.74, 6) is 0.671. The van der Waals surface area contributed by atoms with E-state index in [-0.39, 0.29) is 0 Å². The summed E-state index contributed by atoms with van der Waals surface area (Å²) >= 11 is 0. The lowest BCUT2D eigenvalue weighted by atomic mass is 10.1. The van der Waals surface area contributed by atoms with Crippen molar-refractivity contribution in [2.45, 2.75) is 17.9 Å². The number of hydrogen-bond donors (Lipinski definition) is 0. The van der Waals surface area contributed by atoms with Gasteiger partial charge in [0.25, 0.3) is 0 Å². The van der Waals surface area contributed by atoms with Crippen LogP contribution < -0.4 is 0 Å². The SMILES string of the molecule is O=[S@@](CCN1CCc2cncnc2C1)c1ccccc1. The van der Waals surface area contributed by atoms with Crippen LogP contribution in [0.2, 0.25) is 0 Å². The third kappa shape index (κ3) is 3.11. The molecule has 4 nitrogen and oxygen atoms in total. The van der Waals surface area contributed by atoms with E-state index in [1.54, 1.807) is 6.33 Å². The largest absolute Gasteiger partial charge is 0.296 e. The standard InChI is InChI=1S/C15H17N3OS/c19-20(14-4-2-1-3-5-14)9-8-18-7-6-13-10-16-12-17-15(13)11-18/h1-5,10,12H,6-9,11H2/t20-/m0/s1. The first-order valence-electron chi connectivity index (χ1n) is 6.76. The van der Waals surface area contributed by atoms with Crippen LogP contribution >= 0.6 is 0 Å². The van der Waals surface area contributed by atoms with Crippen molar-refractivity contribution >= 4 is 10.8 Å². The molecular formula is C15H17N3OS. The summed E-state index contributed by atoms with van der Waals surface area (Å²) in [6.07, 6.45) is 4.49. The molecule has 1 aromatic heterocycles. The van der Waals surface area contributed by atoms with Crippen molar-refractivity contribution < 1.29 is 4.21 Å². The van der Waals surface area contributed by atoms with Crippen molar-refractivity contribution in [1.82, 2.24) is 14.9 Å². The van der Waals surface area contributed by atoms with Crippen molar-refractivity contribution in [2.75, 3.05) is 18.8 Å². The maximum atomic E-state index is 12.2. The monoisotopic (exact) mass is 287 g/mol. The molecule has 5 heteroatoms. The van der Waals surface area contributed by atoms with E-state index in [0.717, 1.165) is 36.6 Å². The van der Waals surface area contributed by atoms with Gasteiger partial charge in [0.1, 0.15) is 6.33 Å². The van der Waals surface area contributed by atoms with Gasteiger partial charge in [-0.2, -0.15) is 0 Å². The molecule has 0 amide bonds. The fourth-order valence-electron chi connectivity index (χ4n) is 2.40. The second-order valence-corrected chi connectivity index (χ2v) is 6.45.